The van der Waals surface area contributed by atoms with Crippen LogP contribution in [0.15, 0.2) is 54.6 Å². The van der Waals surface area contributed by atoms with Crippen molar-refractivity contribution in [3.05, 3.63) is 60.3 Å². The number of benzene rings is 2. The number of rotatable bonds is 5. The van der Waals surface area contributed by atoms with Crippen molar-refractivity contribution < 1.29 is 4.74 Å². The summed E-state index contributed by atoms with van der Waals surface area (Å²) in [5.74, 6) is 0.811. The summed E-state index contributed by atoms with van der Waals surface area (Å²) in [6.07, 6.45) is 0. The molecule has 3 aromatic rings. The second kappa shape index (κ2) is 6.45. The van der Waals surface area contributed by atoms with Gasteiger partial charge in [0.15, 0.2) is 0 Å². The molecule has 4 heteroatoms. The highest BCUT2D eigenvalue weighted by Gasteiger charge is 2.04. The number of hydrogen-bond donors (Lipinski definition) is 2. The van der Waals surface area contributed by atoms with Gasteiger partial charge in [-0.25, -0.2) is 0 Å². The largest absolute Gasteiger partial charge is 0.492 e. The highest BCUT2D eigenvalue weighted by atomic mass is 16.5. The topological polar surface area (TPSA) is 60.2 Å². The molecule has 0 unspecified atom stereocenters. The zero-order chi connectivity index (χ0) is 15.4. The Morgan fingerprint density at radius 2 is 1.95 bits per heavy atom. The lowest BCUT2D eigenvalue weighted by molar-refractivity contribution is 0.328. The Kier molecular flexibility index (Phi) is 4.21. The van der Waals surface area contributed by atoms with Gasteiger partial charge >= 0.3 is 0 Å². The average molecular weight is 293 g/mol. The zero-order valence-electron chi connectivity index (χ0n) is 12.5. The van der Waals surface area contributed by atoms with E-state index >= 15 is 0 Å². The van der Waals surface area contributed by atoms with Gasteiger partial charge in [0, 0.05) is 35.1 Å². The van der Waals surface area contributed by atoms with Crippen LogP contribution < -0.4 is 15.8 Å². The van der Waals surface area contributed by atoms with Gasteiger partial charge in [-0.1, -0.05) is 24.3 Å². The SMILES string of the molecule is Cc1cc(Nc2cccc(OCCN)c2)c2ccccc2n1. The van der Waals surface area contributed by atoms with E-state index in [1.807, 2.05) is 49.4 Å². The molecule has 1 heterocycles. The summed E-state index contributed by atoms with van der Waals surface area (Å²) in [6.45, 7) is 3.02. The van der Waals surface area contributed by atoms with Gasteiger partial charge in [-0.2, -0.15) is 0 Å². The molecule has 0 amide bonds. The number of para-hydroxylation sites is 1. The van der Waals surface area contributed by atoms with Gasteiger partial charge in [0.1, 0.15) is 12.4 Å². The van der Waals surface area contributed by atoms with E-state index in [1.54, 1.807) is 0 Å². The van der Waals surface area contributed by atoms with Crippen LogP contribution in [0.25, 0.3) is 10.9 Å². The monoisotopic (exact) mass is 293 g/mol. The molecule has 0 spiro atoms. The van der Waals surface area contributed by atoms with Crippen LogP contribution in [0.1, 0.15) is 5.69 Å². The third-order valence-electron chi connectivity index (χ3n) is 3.34. The van der Waals surface area contributed by atoms with Crippen LogP contribution >= 0.6 is 0 Å². The molecule has 0 fully saturated rings. The fourth-order valence-electron chi connectivity index (χ4n) is 2.41. The summed E-state index contributed by atoms with van der Waals surface area (Å²) < 4.78 is 5.57. The van der Waals surface area contributed by atoms with Gasteiger partial charge in [-0.05, 0) is 31.2 Å². The summed E-state index contributed by atoms with van der Waals surface area (Å²) >= 11 is 0. The minimum atomic E-state index is 0.506. The maximum Gasteiger partial charge on any atom is 0.121 e. The molecule has 4 nitrogen and oxygen atoms in total. The van der Waals surface area contributed by atoms with Crippen LogP contribution in [0.3, 0.4) is 0 Å². The summed E-state index contributed by atoms with van der Waals surface area (Å²) in [5, 5.41) is 4.55. The van der Waals surface area contributed by atoms with Crippen molar-refractivity contribution >= 4 is 22.3 Å². The lowest BCUT2D eigenvalue weighted by Crippen LogP contribution is -2.10. The smallest absolute Gasteiger partial charge is 0.121 e. The molecule has 3 N–H and O–H groups in total. The van der Waals surface area contributed by atoms with Gasteiger partial charge < -0.3 is 15.8 Å². The number of aromatic nitrogens is 1. The number of anilines is 2. The highest BCUT2D eigenvalue weighted by Crippen LogP contribution is 2.27. The van der Waals surface area contributed by atoms with E-state index in [4.69, 9.17) is 10.5 Å². The predicted molar refractivity (Wildman–Crippen MR) is 90.8 cm³/mol. The highest BCUT2D eigenvalue weighted by molar-refractivity contribution is 5.93. The van der Waals surface area contributed by atoms with Crippen molar-refractivity contribution in [2.24, 2.45) is 5.73 Å². The number of nitrogens with one attached hydrogen (secondary N) is 1. The molecule has 0 bridgehead atoms. The first kappa shape index (κ1) is 14.4. The molecule has 0 saturated carbocycles. The zero-order valence-corrected chi connectivity index (χ0v) is 12.5. The fraction of sp³-hybridized carbons (Fsp3) is 0.167. The molecule has 0 aliphatic rings. The Balaban J connectivity index is 1.93. The quantitative estimate of drug-likeness (QED) is 0.754. The predicted octanol–water partition coefficient (Wildman–Crippen LogP) is 3.62. The molecule has 0 aliphatic carbocycles. The molecule has 0 atom stereocenters. The van der Waals surface area contributed by atoms with Crippen LogP contribution in [0.4, 0.5) is 11.4 Å². The minimum Gasteiger partial charge on any atom is -0.492 e. The van der Waals surface area contributed by atoms with Gasteiger partial charge in [-0.15, -0.1) is 0 Å². The van der Waals surface area contributed by atoms with Crippen LogP contribution in [0.5, 0.6) is 5.75 Å². The van der Waals surface area contributed by atoms with Gasteiger partial charge in [-0.3, -0.25) is 4.98 Å². The number of nitrogens with two attached hydrogens (primary N) is 1. The number of hydrogen-bond acceptors (Lipinski definition) is 4. The first-order valence-electron chi connectivity index (χ1n) is 7.32. The van der Waals surface area contributed by atoms with E-state index < -0.39 is 0 Å². The summed E-state index contributed by atoms with van der Waals surface area (Å²) in [5.41, 5.74) is 9.46. The van der Waals surface area contributed by atoms with Crippen LogP contribution in [0, 0.1) is 6.92 Å². The lowest BCUT2D eigenvalue weighted by Gasteiger charge is -2.12. The molecule has 2 aromatic carbocycles. The molecule has 3 rings (SSSR count). The lowest BCUT2D eigenvalue weighted by atomic mass is 10.1. The van der Waals surface area contributed by atoms with Crippen molar-refractivity contribution in [3.8, 4) is 5.75 Å². The Morgan fingerprint density at radius 1 is 1.09 bits per heavy atom. The Bertz CT molecular complexity index is 786. The van der Waals surface area contributed by atoms with E-state index in [1.165, 1.54) is 0 Å². The van der Waals surface area contributed by atoms with Crippen molar-refractivity contribution in [1.82, 2.24) is 4.98 Å². The second-order valence-corrected chi connectivity index (χ2v) is 5.12. The van der Waals surface area contributed by atoms with Crippen LogP contribution in [-0.4, -0.2) is 18.1 Å². The normalized spacial score (nSPS) is 10.6. The van der Waals surface area contributed by atoms with E-state index in [0.29, 0.717) is 13.2 Å². The molecule has 0 radical (unpaired) electrons. The standard InChI is InChI=1S/C18H19N3O/c1-13-11-18(16-7-2-3-8-17(16)20-13)21-14-5-4-6-15(12-14)22-10-9-19/h2-8,11-12H,9-10,19H2,1H3,(H,20,21). The number of pyridine rings is 1. The van der Waals surface area contributed by atoms with Gasteiger partial charge in [0.05, 0.1) is 5.52 Å². The number of nitrogens with zero attached hydrogens (tertiary/aromatic N) is 1. The Hall–Kier alpha value is -2.59. The minimum absolute atomic E-state index is 0.506. The van der Waals surface area contributed by atoms with Crippen LogP contribution in [-0.2, 0) is 0 Å². The fourth-order valence-corrected chi connectivity index (χ4v) is 2.41. The maximum atomic E-state index is 5.57. The summed E-state index contributed by atoms with van der Waals surface area (Å²) in [4.78, 5) is 4.56. The molecule has 0 aliphatic heterocycles. The van der Waals surface area contributed by atoms with Gasteiger partial charge in [0.25, 0.3) is 0 Å². The van der Waals surface area contributed by atoms with E-state index in [2.05, 4.69) is 22.4 Å². The first-order chi connectivity index (χ1) is 10.8. The second-order valence-electron chi connectivity index (χ2n) is 5.12. The average Bonchev–Trinajstić information content (AvgIpc) is 2.53. The molecule has 0 saturated heterocycles. The molecule has 1 aromatic heterocycles. The Morgan fingerprint density at radius 3 is 2.82 bits per heavy atom. The third kappa shape index (κ3) is 3.18. The first-order valence-corrected chi connectivity index (χ1v) is 7.32. The number of ether oxygens (including phenoxy) is 1. The van der Waals surface area contributed by atoms with E-state index in [9.17, 15) is 0 Å². The summed E-state index contributed by atoms with van der Waals surface area (Å²) in [7, 11) is 0. The van der Waals surface area contributed by atoms with Gasteiger partial charge in [0.2, 0.25) is 0 Å². The maximum absolute atomic E-state index is 5.57. The van der Waals surface area contributed by atoms with Crippen molar-refractivity contribution in [2.75, 3.05) is 18.5 Å². The molecular weight excluding hydrogens is 274 g/mol. The molecule has 22 heavy (non-hydrogen) atoms. The molecule has 112 valence electrons. The van der Waals surface area contributed by atoms with Crippen molar-refractivity contribution in [1.29, 1.82) is 0 Å². The Labute approximate surface area is 129 Å². The van der Waals surface area contributed by atoms with Crippen LogP contribution in [0.2, 0.25) is 0 Å². The van der Waals surface area contributed by atoms with Crippen molar-refractivity contribution in [2.45, 2.75) is 6.92 Å². The van der Waals surface area contributed by atoms with E-state index in [-0.39, 0.29) is 0 Å². The third-order valence-corrected chi connectivity index (χ3v) is 3.34. The van der Waals surface area contributed by atoms with Crippen molar-refractivity contribution in [3.63, 3.8) is 0 Å². The summed E-state index contributed by atoms with van der Waals surface area (Å²) in [6, 6.07) is 18.0. The number of fused-ring (bicyclic) bond motifs is 1. The van der Waals surface area contributed by atoms with E-state index in [0.717, 1.165) is 33.7 Å². The molecular formula is C18H19N3O. The number of aryl methyl sites for hydroxylation is 1.